The maximum absolute atomic E-state index is 13.0. The van der Waals surface area contributed by atoms with Gasteiger partial charge in [0.15, 0.2) is 0 Å². The highest BCUT2D eigenvalue weighted by Crippen LogP contribution is 2.32. The maximum atomic E-state index is 13.0. The van der Waals surface area contributed by atoms with Gasteiger partial charge in [-0.25, -0.2) is 14.4 Å². The van der Waals surface area contributed by atoms with Crippen molar-refractivity contribution in [1.82, 2.24) is 15.3 Å². The quantitative estimate of drug-likeness (QED) is 0.928. The minimum Gasteiger partial charge on any atom is -0.355 e. The Hall–Kier alpha value is -2.50. The van der Waals surface area contributed by atoms with Gasteiger partial charge >= 0.3 is 0 Å². The molecule has 1 aliphatic heterocycles. The van der Waals surface area contributed by atoms with E-state index < -0.39 is 5.41 Å². The summed E-state index contributed by atoms with van der Waals surface area (Å²) in [4.78, 5) is 23.4. The summed E-state index contributed by atoms with van der Waals surface area (Å²) in [6.07, 6.45) is 3.33. The molecule has 0 spiro atoms. The van der Waals surface area contributed by atoms with E-state index in [4.69, 9.17) is 0 Å². The number of amides is 1. The van der Waals surface area contributed by atoms with Crippen molar-refractivity contribution in [2.24, 2.45) is 5.41 Å². The van der Waals surface area contributed by atoms with Gasteiger partial charge in [0.1, 0.15) is 18.0 Å². The third-order valence-electron chi connectivity index (χ3n) is 4.72. The molecule has 3 rings (SSSR count). The molecule has 1 aromatic carbocycles. The lowest BCUT2D eigenvalue weighted by atomic mass is 9.81. The van der Waals surface area contributed by atoms with Crippen LogP contribution in [0.15, 0.2) is 36.7 Å². The Bertz CT molecular complexity index is 749. The number of hydrogen-bond donors (Lipinski definition) is 1. The molecule has 1 fully saturated rings. The summed E-state index contributed by atoms with van der Waals surface area (Å²) in [7, 11) is 0. The molecule has 25 heavy (non-hydrogen) atoms. The summed E-state index contributed by atoms with van der Waals surface area (Å²) in [6.45, 7) is 5.84. The van der Waals surface area contributed by atoms with E-state index in [1.54, 1.807) is 18.5 Å². The Morgan fingerprint density at radius 3 is 2.80 bits per heavy atom. The minimum atomic E-state index is -0.475. The van der Waals surface area contributed by atoms with E-state index in [1.165, 1.54) is 12.1 Å². The fourth-order valence-electron chi connectivity index (χ4n) is 3.23. The Kier molecular flexibility index (Phi) is 4.97. The number of halogens is 1. The van der Waals surface area contributed by atoms with Crippen LogP contribution in [0.5, 0.6) is 0 Å². The molecule has 1 aliphatic rings. The molecular formula is C19H23FN4O. The van der Waals surface area contributed by atoms with Crippen molar-refractivity contribution in [3.05, 3.63) is 53.7 Å². The zero-order valence-corrected chi connectivity index (χ0v) is 14.6. The van der Waals surface area contributed by atoms with Crippen LogP contribution < -0.4 is 10.2 Å². The van der Waals surface area contributed by atoms with Crippen molar-refractivity contribution in [2.45, 2.75) is 33.2 Å². The van der Waals surface area contributed by atoms with Crippen LogP contribution in [-0.4, -0.2) is 29.0 Å². The first-order valence-corrected chi connectivity index (χ1v) is 8.53. The number of aromatic nitrogens is 2. The summed E-state index contributed by atoms with van der Waals surface area (Å²) in [6, 6.07) is 8.14. The summed E-state index contributed by atoms with van der Waals surface area (Å²) < 4.78 is 13.0. The second-order valence-corrected chi connectivity index (χ2v) is 6.91. The number of anilines is 1. The van der Waals surface area contributed by atoms with Crippen LogP contribution in [0.2, 0.25) is 0 Å². The second kappa shape index (κ2) is 7.17. The van der Waals surface area contributed by atoms with E-state index in [0.717, 1.165) is 36.5 Å². The first-order chi connectivity index (χ1) is 12.0. The van der Waals surface area contributed by atoms with Crippen LogP contribution in [0, 0.1) is 18.2 Å². The molecular weight excluding hydrogens is 319 g/mol. The summed E-state index contributed by atoms with van der Waals surface area (Å²) in [5.74, 6) is 0.613. The Labute approximate surface area is 147 Å². The van der Waals surface area contributed by atoms with E-state index in [9.17, 15) is 9.18 Å². The van der Waals surface area contributed by atoms with Crippen molar-refractivity contribution < 1.29 is 9.18 Å². The highest BCUT2D eigenvalue weighted by molar-refractivity contribution is 5.83. The van der Waals surface area contributed by atoms with E-state index in [2.05, 4.69) is 20.2 Å². The normalized spacial score (nSPS) is 20.4. The largest absolute Gasteiger partial charge is 0.355 e. The number of rotatable bonds is 4. The second-order valence-electron chi connectivity index (χ2n) is 6.91. The molecule has 0 radical (unpaired) electrons. The predicted octanol–water partition coefficient (Wildman–Crippen LogP) is 2.85. The van der Waals surface area contributed by atoms with E-state index >= 15 is 0 Å². The van der Waals surface area contributed by atoms with E-state index in [-0.39, 0.29) is 11.7 Å². The molecule has 0 bridgehead atoms. The average molecular weight is 342 g/mol. The zero-order valence-electron chi connectivity index (χ0n) is 14.6. The molecule has 5 nitrogen and oxygen atoms in total. The molecule has 0 saturated carbocycles. The predicted molar refractivity (Wildman–Crippen MR) is 94.6 cm³/mol. The SMILES string of the molecule is Cc1cc(N2CCC[C@@](C)(C(=O)NCc3ccc(F)cc3)C2)ncn1. The number of nitrogens with zero attached hydrogens (tertiary/aromatic N) is 3. The molecule has 1 atom stereocenters. The van der Waals surface area contributed by atoms with E-state index in [1.807, 2.05) is 19.9 Å². The molecule has 2 aromatic rings. The lowest BCUT2D eigenvalue weighted by molar-refractivity contribution is -0.130. The minimum absolute atomic E-state index is 0.0207. The van der Waals surface area contributed by atoms with Crippen molar-refractivity contribution >= 4 is 11.7 Å². The van der Waals surface area contributed by atoms with Crippen molar-refractivity contribution in [3.63, 3.8) is 0 Å². The molecule has 1 aromatic heterocycles. The third kappa shape index (κ3) is 4.13. The van der Waals surface area contributed by atoms with Crippen molar-refractivity contribution in [1.29, 1.82) is 0 Å². The fourth-order valence-corrected chi connectivity index (χ4v) is 3.23. The number of hydrogen-bond acceptors (Lipinski definition) is 4. The standard InChI is InChI=1S/C19H23FN4O/c1-14-10-17(23-13-22-14)24-9-3-8-19(2,12-24)18(25)21-11-15-4-6-16(20)7-5-15/h4-7,10,13H,3,8-9,11-12H2,1-2H3,(H,21,25)/t19-/m1/s1. The number of carbonyl (C=O) groups is 1. The van der Waals surface area contributed by atoms with Crippen LogP contribution in [0.3, 0.4) is 0 Å². The number of aryl methyl sites for hydroxylation is 1. The van der Waals surface area contributed by atoms with Crippen LogP contribution in [0.1, 0.15) is 31.0 Å². The van der Waals surface area contributed by atoms with Crippen LogP contribution in [0.4, 0.5) is 10.2 Å². The summed E-state index contributed by atoms with van der Waals surface area (Å²) >= 11 is 0. The fraction of sp³-hybridized carbons (Fsp3) is 0.421. The van der Waals surface area contributed by atoms with Gasteiger partial charge in [-0.2, -0.15) is 0 Å². The average Bonchev–Trinajstić information content (AvgIpc) is 2.61. The number of piperidine rings is 1. The van der Waals surface area contributed by atoms with E-state index in [0.29, 0.717) is 13.1 Å². The topological polar surface area (TPSA) is 58.1 Å². The third-order valence-corrected chi connectivity index (χ3v) is 4.72. The maximum Gasteiger partial charge on any atom is 0.227 e. The number of nitrogens with one attached hydrogen (secondary N) is 1. The molecule has 1 saturated heterocycles. The molecule has 1 N–H and O–H groups in total. The van der Waals surface area contributed by atoms with Gasteiger partial charge < -0.3 is 10.2 Å². The molecule has 0 aliphatic carbocycles. The molecule has 0 unspecified atom stereocenters. The molecule has 132 valence electrons. The van der Waals surface area contributed by atoms with Gasteiger partial charge in [-0.05, 0) is 44.4 Å². The van der Waals surface area contributed by atoms with Gasteiger partial charge in [-0.3, -0.25) is 4.79 Å². The first kappa shape index (κ1) is 17.3. The van der Waals surface area contributed by atoms with Crippen LogP contribution >= 0.6 is 0 Å². The van der Waals surface area contributed by atoms with Gasteiger partial charge in [0, 0.05) is 31.4 Å². The summed E-state index contributed by atoms with van der Waals surface area (Å²) in [5, 5.41) is 2.99. The van der Waals surface area contributed by atoms with Gasteiger partial charge in [-0.15, -0.1) is 0 Å². The Morgan fingerprint density at radius 1 is 1.32 bits per heavy atom. The van der Waals surface area contributed by atoms with Crippen LogP contribution in [-0.2, 0) is 11.3 Å². The highest BCUT2D eigenvalue weighted by Gasteiger charge is 2.38. The monoisotopic (exact) mass is 342 g/mol. The van der Waals surface area contributed by atoms with Crippen molar-refractivity contribution in [3.8, 4) is 0 Å². The smallest absolute Gasteiger partial charge is 0.227 e. The Morgan fingerprint density at radius 2 is 2.08 bits per heavy atom. The van der Waals surface area contributed by atoms with Gasteiger partial charge in [-0.1, -0.05) is 12.1 Å². The molecule has 2 heterocycles. The molecule has 6 heteroatoms. The van der Waals surface area contributed by atoms with Gasteiger partial charge in [0.25, 0.3) is 0 Å². The number of benzene rings is 1. The Balaban J connectivity index is 1.65. The molecule has 1 amide bonds. The highest BCUT2D eigenvalue weighted by atomic mass is 19.1. The van der Waals surface area contributed by atoms with Crippen LogP contribution in [0.25, 0.3) is 0 Å². The summed E-state index contributed by atoms with van der Waals surface area (Å²) in [5.41, 5.74) is 1.33. The lowest BCUT2D eigenvalue weighted by Crippen LogP contribution is -2.50. The van der Waals surface area contributed by atoms with Gasteiger partial charge in [0.05, 0.1) is 5.41 Å². The first-order valence-electron chi connectivity index (χ1n) is 8.53. The zero-order chi connectivity index (χ0) is 17.9. The lowest BCUT2D eigenvalue weighted by Gasteiger charge is -2.40. The van der Waals surface area contributed by atoms with Gasteiger partial charge in [0.2, 0.25) is 5.91 Å². The number of carbonyl (C=O) groups excluding carboxylic acids is 1. The van der Waals surface area contributed by atoms with Crippen molar-refractivity contribution in [2.75, 3.05) is 18.0 Å².